The van der Waals surface area contributed by atoms with Gasteiger partial charge in [-0.25, -0.2) is 0 Å². The van der Waals surface area contributed by atoms with Crippen molar-refractivity contribution in [2.45, 2.75) is 45.2 Å². The first-order chi connectivity index (χ1) is 5.22. The Labute approximate surface area is 69.0 Å². The fourth-order valence-corrected chi connectivity index (χ4v) is 1.81. The second kappa shape index (κ2) is 4.07. The zero-order chi connectivity index (χ0) is 8.27. The maximum Gasteiger partial charge on any atom is 0.0582 e. The summed E-state index contributed by atoms with van der Waals surface area (Å²) in [4.78, 5) is 0. The van der Waals surface area contributed by atoms with Crippen LogP contribution in [0.25, 0.3) is 0 Å². The molecule has 1 rings (SSSR count). The van der Waals surface area contributed by atoms with E-state index >= 15 is 0 Å². The van der Waals surface area contributed by atoms with Gasteiger partial charge in [0.25, 0.3) is 0 Å². The molecule has 0 saturated heterocycles. The lowest BCUT2D eigenvalue weighted by Crippen LogP contribution is -2.37. The Kier molecular flexibility index (Phi) is 3.34. The summed E-state index contributed by atoms with van der Waals surface area (Å²) >= 11 is 0. The first kappa shape index (κ1) is 9.01. The van der Waals surface area contributed by atoms with Crippen molar-refractivity contribution < 1.29 is 5.11 Å². The molecule has 0 spiro atoms. The van der Waals surface area contributed by atoms with E-state index in [1.54, 1.807) is 0 Å². The Balaban J connectivity index is 2.17. The predicted octanol–water partition coefficient (Wildman–Crippen LogP) is 1.15. The molecule has 0 aromatic carbocycles. The Morgan fingerprint density at radius 1 is 1.55 bits per heavy atom. The molecule has 0 aromatic rings. The van der Waals surface area contributed by atoms with Gasteiger partial charge in [-0.05, 0) is 32.1 Å². The number of nitrogens with one attached hydrogen (secondary N) is 1. The second-order valence-corrected chi connectivity index (χ2v) is 3.87. The van der Waals surface area contributed by atoms with Crippen molar-refractivity contribution in [1.29, 1.82) is 0 Å². The minimum atomic E-state index is 0.255. The van der Waals surface area contributed by atoms with Gasteiger partial charge in [0, 0.05) is 12.1 Å². The molecule has 3 atom stereocenters. The van der Waals surface area contributed by atoms with Crippen LogP contribution in [-0.4, -0.2) is 23.8 Å². The third-order valence-electron chi connectivity index (χ3n) is 2.49. The molecular formula is C9H19NO. The molecule has 2 heteroatoms. The average Bonchev–Trinajstić information content (AvgIpc) is 2.35. The van der Waals surface area contributed by atoms with Gasteiger partial charge in [-0.3, -0.25) is 0 Å². The van der Waals surface area contributed by atoms with Crippen LogP contribution in [0.4, 0.5) is 0 Å². The van der Waals surface area contributed by atoms with Crippen LogP contribution < -0.4 is 5.32 Å². The smallest absolute Gasteiger partial charge is 0.0582 e. The topological polar surface area (TPSA) is 32.3 Å². The molecule has 0 heterocycles. The first-order valence-electron chi connectivity index (χ1n) is 4.59. The SMILES string of the molecule is CC1CCC(N[C@@H](C)CO)C1. The Morgan fingerprint density at radius 2 is 2.27 bits per heavy atom. The molecule has 1 aliphatic rings. The molecule has 1 aliphatic carbocycles. The van der Waals surface area contributed by atoms with E-state index in [1.807, 2.05) is 6.92 Å². The van der Waals surface area contributed by atoms with Crippen LogP contribution >= 0.6 is 0 Å². The summed E-state index contributed by atoms with van der Waals surface area (Å²) in [6, 6.07) is 0.928. The molecule has 2 N–H and O–H groups in total. The average molecular weight is 157 g/mol. The summed E-state index contributed by atoms with van der Waals surface area (Å²) in [6.45, 7) is 4.58. The van der Waals surface area contributed by atoms with E-state index in [1.165, 1.54) is 19.3 Å². The van der Waals surface area contributed by atoms with Crippen molar-refractivity contribution in [3.8, 4) is 0 Å². The van der Waals surface area contributed by atoms with E-state index in [0.29, 0.717) is 6.04 Å². The van der Waals surface area contributed by atoms with E-state index < -0.39 is 0 Å². The Hall–Kier alpha value is -0.0800. The van der Waals surface area contributed by atoms with Gasteiger partial charge in [0.2, 0.25) is 0 Å². The van der Waals surface area contributed by atoms with Gasteiger partial charge in [-0.2, -0.15) is 0 Å². The van der Waals surface area contributed by atoms with Gasteiger partial charge in [0.15, 0.2) is 0 Å². The summed E-state index contributed by atoms with van der Waals surface area (Å²) in [5, 5.41) is 12.2. The molecule has 0 radical (unpaired) electrons. The minimum absolute atomic E-state index is 0.255. The van der Waals surface area contributed by atoms with E-state index in [-0.39, 0.29) is 12.6 Å². The van der Waals surface area contributed by atoms with Gasteiger partial charge in [-0.15, -0.1) is 0 Å². The summed E-state index contributed by atoms with van der Waals surface area (Å²) in [6.07, 6.45) is 3.91. The molecule has 2 unspecified atom stereocenters. The number of hydrogen-bond acceptors (Lipinski definition) is 2. The van der Waals surface area contributed by atoms with E-state index in [0.717, 1.165) is 5.92 Å². The lowest BCUT2D eigenvalue weighted by atomic mass is 10.1. The van der Waals surface area contributed by atoms with Crippen LogP contribution in [0.15, 0.2) is 0 Å². The standard InChI is InChI=1S/C9H19NO/c1-7-3-4-9(5-7)10-8(2)6-11/h7-11H,3-6H2,1-2H3/t7?,8-,9?/m0/s1. The molecule has 0 aliphatic heterocycles. The number of hydrogen-bond donors (Lipinski definition) is 2. The van der Waals surface area contributed by atoms with Crippen LogP contribution in [0.5, 0.6) is 0 Å². The zero-order valence-electron chi connectivity index (χ0n) is 7.51. The third-order valence-corrected chi connectivity index (χ3v) is 2.49. The molecule has 2 nitrogen and oxygen atoms in total. The largest absolute Gasteiger partial charge is 0.395 e. The van der Waals surface area contributed by atoms with Crippen LogP contribution in [-0.2, 0) is 0 Å². The van der Waals surface area contributed by atoms with Crippen molar-refractivity contribution in [3.63, 3.8) is 0 Å². The highest BCUT2D eigenvalue weighted by Crippen LogP contribution is 2.24. The highest BCUT2D eigenvalue weighted by molar-refractivity contribution is 4.80. The zero-order valence-corrected chi connectivity index (χ0v) is 7.51. The predicted molar refractivity (Wildman–Crippen MR) is 46.5 cm³/mol. The molecular weight excluding hydrogens is 138 g/mol. The highest BCUT2D eigenvalue weighted by Gasteiger charge is 2.21. The first-order valence-corrected chi connectivity index (χ1v) is 4.59. The maximum atomic E-state index is 8.80. The van der Waals surface area contributed by atoms with Gasteiger partial charge in [0.1, 0.15) is 0 Å². The minimum Gasteiger partial charge on any atom is -0.395 e. The van der Waals surface area contributed by atoms with Gasteiger partial charge in [0.05, 0.1) is 6.61 Å². The monoisotopic (exact) mass is 157 g/mol. The van der Waals surface area contributed by atoms with Crippen molar-refractivity contribution >= 4 is 0 Å². The lowest BCUT2D eigenvalue weighted by Gasteiger charge is -2.16. The van der Waals surface area contributed by atoms with Crippen LogP contribution in [0.3, 0.4) is 0 Å². The van der Waals surface area contributed by atoms with Crippen LogP contribution in [0.1, 0.15) is 33.1 Å². The fraction of sp³-hybridized carbons (Fsp3) is 1.00. The lowest BCUT2D eigenvalue weighted by molar-refractivity contribution is 0.240. The molecule has 11 heavy (non-hydrogen) atoms. The van der Waals surface area contributed by atoms with E-state index in [4.69, 9.17) is 5.11 Å². The summed E-state index contributed by atoms with van der Waals surface area (Å²) in [7, 11) is 0. The van der Waals surface area contributed by atoms with Crippen LogP contribution in [0, 0.1) is 5.92 Å². The molecule has 0 amide bonds. The molecule has 0 bridgehead atoms. The summed E-state index contributed by atoms with van der Waals surface area (Å²) in [5.74, 6) is 0.874. The molecule has 1 saturated carbocycles. The van der Waals surface area contributed by atoms with Crippen molar-refractivity contribution in [2.24, 2.45) is 5.92 Å². The second-order valence-electron chi connectivity index (χ2n) is 3.87. The molecule has 1 fully saturated rings. The highest BCUT2D eigenvalue weighted by atomic mass is 16.3. The quantitative estimate of drug-likeness (QED) is 0.644. The van der Waals surface area contributed by atoms with E-state index in [9.17, 15) is 0 Å². The van der Waals surface area contributed by atoms with Gasteiger partial charge in [-0.1, -0.05) is 6.92 Å². The van der Waals surface area contributed by atoms with Crippen LogP contribution in [0.2, 0.25) is 0 Å². The normalized spacial score (nSPS) is 34.1. The number of rotatable bonds is 3. The number of aliphatic hydroxyl groups is 1. The van der Waals surface area contributed by atoms with Crippen molar-refractivity contribution in [1.82, 2.24) is 5.32 Å². The summed E-state index contributed by atoms with van der Waals surface area (Å²) < 4.78 is 0. The fourth-order valence-electron chi connectivity index (χ4n) is 1.81. The Morgan fingerprint density at radius 3 is 2.73 bits per heavy atom. The van der Waals surface area contributed by atoms with Gasteiger partial charge >= 0.3 is 0 Å². The summed E-state index contributed by atoms with van der Waals surface area (Å²) in [5.41, 5.74) is 0. The Bertz CT molecular complexity index is 116. The van der Waals surface area contributed by atoms with Gasteiger partial charge < -0.3 is 10.4 Å². The molecule has 66 valence electrons. The maximum absolute atomic E-state index is 8.80. The van der Waals surface area contributed by atoms with E-state index in [2.05, 4.69) is 12.2 Å². The van der Waals surface area contributed by atoms with Crippen molar-refractivity contribution in [2.75, 3.05) is 6.61 Å². The third kappa shape index (κ3) is 2.80. The number of aliphatic hydroxyl groups excluding tert-OH is 1. The van der Waals surface area contributed by atoms with Crippen molar-refractivity contribution in [3.05, 3.63) is 0 Å². The molecule has 0 aromatic heterocycles.